The molecule has 0 bridgehead atoms. The van der Waals surface area contributed by atoms with E-state index in [9.17, 15) is 0 Å². The van der Waals surface area contributed by atoms with E-state index in [0.717, 1.165) is 0 Å². The first kappa shape index (κ1) is 22.6. The molecule has 0 aromatic carbocycles. The molecule has 0 aliphatic carbocycles. The van der Waals surface area contributed by atoms with Crippen molar-refractivity contribution < 1.29 is 23.4 Å². The summed E-state index contributed by atoms with van der Waals surface area (Å²) in [5.41, 5.74) is 1.55. The largest absolute Gasteiger partial charge is 0.413 e. The van der Waals surface area contributed by atoms with Crippen LogP contribution in [0.4, 0.5) is 0 Å². The van der Waals surface area contributed by atoms with Gasteiger partial charge in [0.1, 0.15) is 24.9 Å². The highest BCUT2D eigenvalue weighted by Gasteiger charge is 2.50. The van der Waals surface area contributed by atoms with E-state index >= 15 is 0 Å². The molecule has 1 rings (SSSR count). The minimum atomic E-state index is -1.97. The molecule has 6 heteroatoms. The molecule has 0 N–H and O–H groups in total. The van der Waals surface area contributed by atoms with E-state index in [2.05, 4.69) is 47.5 Å². The summed E-state index contributed by atoms with van der Waals surface area (Å²) in [4.78, 5) is 0. The molecular weight excluding hydrogens is 336 g/mol. The third kappa shape index (κ3) is 4.85. The van der Waals surface area contributed by atoms with Gasteiger partial charge < -0.3 is 23.4 Å². The highest BCUT2D eigenvalue weighted by atomic mass is 28.4. The number of rotatable bonds is 10. The Kier molecular flexibility index (Phi) is 9.09. The molecule has 0 aromatic rings. The highest BCUT2D eigenvalue weighted by Crippen LogP contribution is 2.42. The average Bonchev–Trinajstić information content (AvgIpc) is 2.89. The molecule has 0 amide bonds. The van der Waals surface area contributed by atoms with E-state index in [1.54, 1.807) is 14.2 Å². The molecule has 0 saturated carbocycles. The van der Waals surface area contributed by atoms with Gasteiger partial charge in [-0.1, -0.05) is 47.5 Å². The van der Waals surface area contributed by atoms with Crippen molar-refractivity contribution in [1.29, 1.82) is 0 Å². The molecule has 5 nitrogen and oxygen atoms in total. The van der Waals surface area contributed by atoms with Gasteiger partial charge in [-0.2, -0.15) is 0 Å². The Morgan fingerprint density at radius 2 is 1.48 bits per heavy atom. The summed E-state index contributed by atoms with van der Waals surface area (Å²) in [6, 6.07) is 0. The Hall–Kier alpha value is -0.423. The second-order valence-corrected chi connectivity index (χ2v) is 13.0. The maximum Gasteiger partial charge on any atom is 0.200 e. The van der Waals surface area contributed by atoms with Crippen LogP contribution in [0, 0.1) is 12.3 Å². The van der Waals surface area contributed by atoms with Crippen LogP contribution in [-0.2, 0) is 23.4 Å². The van der Waals surface area contributed by atoms with Gasteiger partial charge in [0.25, 0.3) is 0 Å². The topological polar surface area (TPSA) is 46.2 Å². The maximum absolute atomic E-state index is 6.66. The van der Waals surface area contributed by atoms with Crippen molar-refractivity contribution in [1.82, 2.24) is 0 Å². The van der Waals surface area contributed by atoms with Crippen molar-refractivity contribution in [3.63, 3.8) is 0 Å². The maximum atomic E-state index is 6.66. The first-order chi connectivity index (χ1) is 11.8. The lowest BCUT2D eigenvalue weighted by molar-refractivity contribution is -0.167. The van der Waals surface area contributed by atoms with E-state index < -0.39 is 14.6 Å². The van der Waals surface area contributed by atoms with Gasteiger partial charge >= 0.3 is 0 Å². The second kappa shape index (κ2) is 10.1. The van der Waals surface area contributed by atoms with Gasteiger partial charge in [-0.3, -0.25) is 0 Å². The summed E-state index contributed by atoms with van der Waals surface area (Å²) in [5.74, 6) is 2.46. The Morgan fingerprint density at radius 3 is 1.88 bits per heavy atom. The number of ether oxygens (including phenoxy) is 4. The predicted molar refractivity (Wildman–Crippen MR) is 102 cm³/mol. The summed E-state index contributed by atoms with van der Waals surface area (Å²) >= 11 is 0. The van der Waals surface area contributed by atoms with Crippen molar-refractivity contribution in [2.24, 2.45) is 0 Å². The molecule has 0 unspecified atom stereocenters. The molecule has 1 heterocycles. The van der Waals surface area contributed by atoms with Crippen LogP contribution in [0.15, 0.2) is 0 Å². The van der Waals surface area contributed by atoms with Crippen LogP contribution < -0.4 is 0 Å². The quantitative estimate of drug-likeness (QED) is 0.433. The van der Waals surface area contributed by atoms with Crippen molar-refractivity contribution in [2.75, 3.05) is 27.4 Å². The lowest BCUT2D eigenvalue weighted by Gasteiger charge is -2.43. The minimum absolute atomic E-state index is 0.178. The molecule has 1 saturated heterocycles. The fraction of sp³-hybridized carbons (Fsp3) is 0.895. The van der Waals surface area contributed by atoms with Gasteiger partial charge in [0.05, 0.1) is 6.61 Å². The van der Waals surface area contributed by atoms with Crippen LogP contribution in [0.3, 0.4) is 0 Å². The van der Waals surface area contributed by atoms with E-state index in [1.165, 1.54) is 0 Å². The monoisotopic (exact) mass is 372 g/mol. The second-order valence-electron chi connectivity index (χ2n) is 7.59. The Bertz CT molecular complexity index is 410. The molecule has 0 radical (unpaired) electrons. The predicted octanol–water partition coefficient (Wildman–Crippen LogP) is 3.58. The summed E-state index contributed by atoms with van der Waals surface area (Å²) in [6.07, 6.45) is 3.96. The number of hydrogen-bond acceptors (Lipinski definition) is 5. The fourth-order valence-corrected chi connectivity index (χ4v) is 9.80. The molecule has 4 atom stereocenters. The van der Waals surface area contributed by atoms with Gasteiger partial charge in [-0.25, -0.2) is 0 Å². The summed E-state index contributed by atoms with van der Waals surface area (Å²) < 4.78 is 29.5. The minimum Gasteiger partial charge on any atom is -0.413 e. The van der Waals surface area contributed by atoms with Crippen LogP contribution in [-0.4, -0.2) is 60.4 Å². The van der Waals surface area contributed by atoms with Gasteiger partial charge in [0.15, 0.2) is 14.6 Å². The Balaban J connectivity index is 2.90. The molecule has 1 fully saturated rings. The third-order valence-corrected chi connectivity index (χ3v) is 11.4. The van der Waals surface area contributed by atoms with Gasteiger partial charge in [0, 0.05) is 14.2 Å². The Morgan fingerprint density at radius 1 is 0.960 bits per heavy atom. The third-order valence-electron chi connectivity index (χ3n) is 5.35. The molecule has 1 aliphatic rings. The zero-order chi connectivity index (χ0) is 19.2. The molecule has 25 heavy (non-hydrogen) atoms. The first-order valence-corrected chi connectivity index (χ1v) is 11.3. The molecule has 1 aliphatic heterocycles. The van der Waals surface area contributed by atoms with Crippen LogP contribution in [0.5, 0.6) is 0 Å². The van der Waals surface area contributed by atoms with Gasteiger partial charge in [-0.15, -0.1) is 6.42 Å². The fourth-order valence-electron chi connectivity index (χ4n) is 4.35. The van der Waals surface area contributed by atoms with Gasteiger partial charge in [-0.05, 0) is 16.6 Å². The standard InChI is InChI=1S/C19H36O5Si/c1-10-11-22-19-18(21-9)17(20-8)16(24-19)12-23-25(13(2)3,14(4)5)15(6)7/h1,13-19H,11-12H2,2-9H3/t16-,17-,18-,19+/m1/s1. The molecular formula is C19H36O5Si. The highest BCUT2D eigenvalue weighted by molar-refractivity contribution is 6.77. The normalized spacial score (nSPS) is 27.4. The average molecular weight is 373 g/mol. The van der Waals surface area contributed by atoms with E-state index in [4.69, 9.17) is 29.8 Å². The first-order valence-electron chi connectivity index (χ1n) is 9.16. The zero-order valence-corrected chi connectivity index (χ0v) is 18.1. The summed E-state index contributed by atoms with van der Waals surface area (Å²) in [6.45, 7) is 14.3. The lowest BCUT2D eigenvalue weighted by Crippen LogP contribution is -2.50. The van der Waals surface area contributed by atoms with Gasteiger partial charge in [0.2, 0.25) is 0 Å². The van der Waals surface area contributed by atoms with E-state index in [1.807, 2.05) is 0 Å². The summed E-state index contributed by atoms with van der Waals surface area (Å²) in [7, 11) is 1.32. The van der Waals surface area contributed by atoms with Crippen molar-refractivity contribution in [3.8, 4) is 12.3 Å². The lowest BCUT2D eigenvalue weighted by atomic mass is 10.1. The van der Waals surface area contributed by atoms with Crippen molar-refractivity contribution in [3.05, 3.63) is 0 Å². The number of terminal acetylenes is 1. The van der Waals surface area contributed by atoms with Crippen LogP contribution in [0.1, 0.15) is 41.5 Å². The number of methoxy groups -OCH3 is 2. The van der Waals surface area contributed by atoms with E-state index in [-0.39, 0.29) is 24.9 Å². The molecule has 0 aromatic heterocycles. The SMILES string of the molecule is C#CCO[C@H]1O[C@H](CO[Si](C(C)C)(C(C)C)C(C)C)[C@@H](OC)[C@H]1OC. The smallest absolute Gasteiger partial charge is 0.200 e. The van der Waals surface area contributed by atoms with Crippen LogP contribution >= 0.6 is 0 Å². The van der Waals surface area contributed by atoms with Crippen LogP contribution in [0.2, 0.25) is 16.6 Å². The Labute approximate surface area is 154 Å². The zero-order valence-electron chi connectivity index (χ0n) is 17.1. The molecule has 0 spiro atoms. The van der Waals surface area contributed by atoms with Crippen molar-refractivity contribution >= 4 is 8.32 Å². The van der Waals surface area contributed by atoms with E-state index in [0.29, 0.717) is 23.2 Å². The van der Waals surface area contributed by atoms with Crippen LogP contribution in [0.25, 0.3) is 0 Å². The van der Waals surface area contributed by atoms with Crippen molar-refractivity contribution in [2.45, 2.75) is 82.8 Å². The summed E-state index contributed by atoms with van der Waals surface area (Å²) in [5, 5.41) is 0. The number of hydrogen-bond donors (Lipinski definition) is 0. The molecule has 146 valence electrons.